The van der Waals surface area contributed by atoms with Crippen molar-refractivity contribution >= 4 is 11.6 Å². The largest absolute Gasteiger partial charge is 0.0843 e. The molecule has 0 spiro atoms. The van der Waals surface area contributed by atoms with Crippen molar-refractivity contribution in [3.05, 3.63) is 34.9 Å². The number of hydrogen-bond donors (Lipinski definition) is 0. The summed E-state index contributed by atoms with van der Waals surface area (Å²) in [7, 11) is 0. The minimum absolute atomic E-state index is 0.309. The molecule has 0 nitrogen and oxygen atoms in total. The molecule has 0 aromatic heterocycles. The molecule has 0 saturated carbocycles. The maximum Gasteiger partial charge on any atom is 0.0406 e. The third kappa shape index (κ3) is 4.35. The third-order valence-corrected chi connectivity index (χ3v) is 3.87. The van der Waals surface area contributed by atoms with E-state index in [-0.39, 0.29) is 0 Å². The lowest BCUT2D eigenvalue weighted by atomic mass is 9.74. The van der Waals surface area contributed by atoms with Crippen LogP contribution in [-0.2, 0) is 5.41 Å². The van der Waals surface area contributed by atoms with Crippen molar-refractivity contribution in [1.82, 2.24) is 0 Å². The van der Waals surface area contributed by atoms with Crippen LogP contribution in [0.4, 0.5) is 0 Å². The van der Waals surface area contributed by atoms with E-state index in [0.717, 1.165) is 10.9 Å². The van der Waals surface area contributed by atoms with E-state index in [1.54, 1.807) is 0 Å². The molecule has 0 saturated heterocycles. The summed E-state index contributed by atoms with van der Waals surface area (Å²) in [5.41, 5.74) is 1.74. The molecule has 0 aliphatic rings. The van der Waals surface area contributed by atoms with Crippen LogP contribution in [0, 0.1) is 5.92 Å². The van der Waals surface area contributed by atoms with Gasteiger partial charge in [-0.15, -0.1) is 0 Å². The highest BCUT2D eigenvalue weighted by molar-refractivity contribution is 6.30. The van der Waals surface area contributed by atoms with E-state index in [9.17, 15) is 0 Å². The predicted octanol–water partition coefficient (Wildman–Crippen LogP) is 5.83. The smallest absolute Gasteiger partial charge is 0.0406 e. The van der Waals surface area contributed by atoms with Crippen molar-refractivity contribution in [3.8, 4) is 0 Å². The Morgan fingerprint density at radius 1 is 1.12 bits per heavy atom. The molecule has 1 unspecified atom stereocenters. The van der Waals surface area contributed by atoms with E-state index in [1.165, 1.54) is 31.2 Å². The molecule has 1 atom stereocenters. The lowest BCUT2D eigenvalue weighted by molar-refractivity contribution is 0.357. The van der Waals surface area contributed by atoms with Gasteiger partial charge >= 0.3 is 0 Å². The zero-order valence-corrected chi connectivity index (χ0v) is 12.3. The van der Waals surface area contributed by atoms with Crippen molar-refractivity contribution < 1.29 is 0 Å². The van der Waals surface area contributed by atoms with E-state index in [2.05, 4.69) is 39.8 Å². The van der Waals surface area contributed by atoms with Gasteiger partial charge < -0.3 is 0 Å². The maximum atomic E-state index is 5.97. The van der Waals surface area contributed by atoms with E-state index in [4.69, 9.17) is 11.6 Å². The summed E-state index contributed by atoms with van der Waals surface area (Å²) in [5.74, 6) is 0.776. The number of hydrogen-bond acceptors (Lipinski definition) is 0. The van der Waals surface area contributed by atoms with Crippen LogP contribution in [0.2, 0.25) is 5.02 Å². The molecule has 0 bridgehead atoms. The van der Waals surface area contributed by atoms with Crippen LogP contribution in [0.1, 0.15) is 58.9 Å². The standard InChI is InChI=1S/C16H25Cl/c1-5-11-16(4,12-10-13(2)3)14-6-8-15(17)9-7-14/h6-9,13H,5,10-12H2,1-4H3. The summed E-state index contributed by atoms with van der Waals surface area (Å²) < 4.78 is 0. The second kappa shape index (κ2) is 6.44. The average Bonchev–Trinajstić information content (AvgIpc) is 2.28. The second-order valence-electron chi connectivity index (χ2n) is 5.75. The molecule has 0 aliphatic carbocycles. The highest BCUT2D eigenvalue weighted by atomic mass is 35.5. The minimum Gasteiger partial charge on any atom is -0.0843 e. The molecule has 1 aromatic rings. The first kappa shape index (κ1) is 14.6. The molecule has 1 aromatic carbocycles. The summed E-state index contributed by atoms with van der Waals surface area (Å²) in [6.07, 6.45) is 5.04. The second-order valence-corrected chi connectivity index (χ2v) is 6.19. The molecule has 0 aliphatic heterocycles. The fourth-order valence-electron chi connectivity index (χ4n) is 2.42. The van der Waals surface area contributed by atoms with Gasteiger partial charge in [0.2, 0.25) is 0 Å². The lowest BCUT2D eigenvalue weighted by Gasteiger charge is -2.31. The summed E-state index contributed by atoms with van der Waals surface area (Å²) in [6, 6.07) is 8.41. The molecule has 96 valence electrons. The molecule has 1 rings (SSSR count). The molecule has 17 heavy (non-hydrogen) atoms. The normalized spacial score (nSPS) is 14.9. The Bertz CT molecular complexity index is 326. The van der Waals surface area contributed by atoms with Crippen LogP contribution in [0.5, 0.6) is 0 Å². The van der Waals surface area contributed by atoms with Gasteiger partial charge in [-0.25, -0.2) is 0 Å². The maximum absolute atomic E-state index is 5.97. The van der Waals surface area contributed by atoms with Crippen LogP contribution >= 0.6 is 11.6 Å². The van der Waals surface area contributed by atoms with Crippen LogP contribution in [0.25, 0.3) is 0 Å². The van der Waals surface area contributed by atoms with Gasteiger partial charge in [0.1, 0.15) is 0 Å². The van der Waals surface area contributed by atoms with Crippen molar-refractivity contribution in [2.24, 2.45) is 5.92 Å². The Kier molecular flexibility index (Phi) is 5.52. The monoisotopic (exact) mass is 252 g/mol. The van der Waals surface area contributed by atoms with Crippen LogP contribution in [0.3, 0.4) is 0 Å². The molecule has 1 heteroatoms. The Hall–Kier alpha value is -0.490. The van der Waals surface area contributed by atoms with Gasteiger partial charge in [-0.2, -0.15) is 0 Å². The fraction of sp³-hybridized carbons (Fsp3) is 0.625. The number of halogens is 1. The quantitative estimate of drug-likeness (QED) is 0.597. The molecular formula is C16H25Cl. The zero-order chi connectivity index (χ0) is 12.9. The SMILES string of the molecule is CCCC(C)(CCC(C)C)c1ccc(Cl)cc1. The molecule has 0 heterocycles. The predicted molar refractivity (Wildman–Crippen MR) is 77.8 cm³/mol. The van der Waals surface area contributed by atoms with Crippen molar-refractivity contribution in [2.45, 2.75) is 58.8 Å². The molecular weight excluding hydrogens is 228 g/mol. The number of benzene rings is 1. The Balaban J connectivity index is 2.85. The third-order valence-electron chi connectivity index (χ3n) is 3.62. The van der Waals surface area contributed by atoms with E-state index >= 15 is 0 Å². The van der Waals surface area contributed by atoms with Crippen LogP contribution < -0.4 is 0 Å². The highest BCUT2D eigenvalue weighted by Crippen LogP contribution is 2.35. The van der Waals surface area contributed by atoms with Crippen LogP contribution in [0.15, 0.2) is 24.3 Å². The zero-order valence-electron chi connectivity index (χ0n) is 11.6. The first-order valence-electron chi connectivity index (χ1n) is 6.74. The van der Waals surface area contributed by atoms with Gasteiger partial charge in [0.05, 0.1) is 0 Å². The van der Waals surface area contributed by atoms with Crippen molar-refractivity contribution in [1.29, 1.82) is 0 Å². The Morgan fingerprint density at radius 2 is 1.71 bits per heavy atom. The molecule has 0 radical (unpaired) electrons. The Labute approximate surface area is 111 Å². The summed E-state index contributed by atoms with van der Waals surface area (Å²) in [5, 5.41) is 0.830. The van der Waals surface area contributed by atoms with Gasteiger partial charge in [-0.3, -0.25) is 0 Å². The molecule has 0 N–H and O–H groups in total. The molecule has 0 fully saturated rings. The molecule has 0 amide bonds. The van der Waals surface area contributed by atoms with Crippen LogP contribution in [-0.4, -0.2) is 0 Å². The summed E-state index contributed by atoms with van der Waals surface area (Å²) >= 11 is 5.97. The van der Waals surface area contributed by atoms with E-state index in [0.29, 0.717) is 5.41 Å². The average molecular weight is 253 g/mol. The summed E-state index contributed by atoms with van der Waals surface area (Å²) in [6.45, 7) is 9.26. The lowest BCUT2D eigenvalue weighted by Crippen LogP contribution is -2.22. The first-order valence-corrected chi connectivity index (χ1v) is 7.12. The first-order chi connectivity index (χ1) is 7.98. The van der Waals surface area contributed by atoms with E-state index < -0.39 is 0 Å². The van der Waals surface area contributed by atoms with Gasteiger partial charge in [-0.05, 0) is 41.9 Å². The van der Waals surface area contributed by atoms with Gasteiger partial charge in [0, 0.05) is 5.02 Å². The van der Waals surface area contributed by atoms with Crippen molar-refractivity contribution in [2.75, 3.05) is 0 Å². The van der Waals surface area contributed by atoms with Gasteiger partial charge in [0.15, 0.2) is 0 Å². The van der Waals surface area contributed by atoms with E-state index in [1.807, 2.05) is 12.1 Å². The van der Waals surface area contributed by atoms with Gasteiger partial charge in [0.25, 0.3) is 0 Å². The summed E-state index contributed by atoms with van der Waals surface area (Å²) in [4.78, 5) is 0. The minimum atomic E-state index is 0.309. The number of rotatable bonds is 6. The van der Waals surface area contributed by atoms with Gasteiger partial charge in [-0.1, -0.05) is 64.3 Å². The fourth-order valence-corrected chi connectivity index (χ4v) is 2.55. The Morgan fingerprint density at radius 3 is 2.18 bits per heavy atom. The van der Waals surface area contributed by atoms with Crippen molar-refractivity contribution in [3.63, 3.8) is 0 Å². The highest BCUT2D eigenvalue weighted by Gasteiger charge is 2.25. The topological polar surface area (TPSA) is 0 Å².